The molecule has 4 nitrogen and oxygen atoms in total. The largest absolute Gasteiger partial charge is 0.394 e. The number of benzene rings is 1. The standard InChI is InChI=1S/C17H27NO3/c1-13-5-4-6-14(9-13)16(20)7-8-18-10-15(11-19)21-17(2,3)12-18/h4-6,9,15-16,19-20H,7-8,10-12H2,1-3H3. The highest BCUT2D eigenvalue weighted by Crippen LogP contribution is 2.23. The molecule has 1 aliphatic heterocycles. The molecule has 1 heterocycles. The first-order valence-corrected chi connectivity index (χ1v) is 7.65. The van der Waals surface area contributed by atoms with E-state index < -0.39 is 6.10 Å². The molecule has 0 amide bonds. The Labute approximate surface area is 127 Å². The first kappa shape index (κ1) is 16.4. The number of aryl methyl sites for hydroxylation is 1. The predicted molar refractivity (Wildman–Crippen MR) is 83.2 cm³/mol. The van der Waals surface area contributed by atoms with Gasteiger partial charge in [-0.1, -0.05) is 29.8 Å². The lowest BCUT2D eigenvalue weighted by molar-refractivity contribution is -0.149. The second kappa shape index (κ2) is 6.88. The number of hydrogen-bond donors (Lipinski definition) is 2. The van der Waals surface area contributed by atoms with Crippen molar-refractivity contribution in [2.24, 2.45) is 0 Å². The van der Waals surface area contributed by atoms with Crippen LogP contribution in [0.1, 0.15) is 37.5 Å². The molecule has 4 heteroatoms. The Balaban J connectivity index is 1.90. The minimum absolute atomic E-state index is 0.0420. The maximum absolute atomic E-state index is 10.3. The van der Waals surface area contributed by atoms with Crippen LogP contribution >= 0.6 is 0 Å². The monoisotopic (exact) mass is 293 g/mol. The normalized spacial score (nSPS) is 24.0. The van der Waals surface area contributed by atoms with E-state index >= 15 is 0 Å². The van der Waals surface area contributed by atoms with Gasteiger partial charge < -0.3 is 14.9 Å². The van der Waals surface area contributed by atoms with E-state index in [0.717, 1.165) is 25.2 Å². The van der Waals surface area contributed by atoms with Gasteiger partial charge in [0.2, 0.25) is 0 Å². The fourth-order valence-electron chi connectivity index (χ4n) is 3.03. The van der Waals surface area contributed by atoms with Gasteiger partial charge in [-0.2, -0.15) is 0 Å². The van der Waals surface area contributed by atoms with Crippen molar-refractivity contribution in [1.29, 1.82) is 0 Å². The van der Waals surface area contributed by atoms with Crippen molar-refractivity contribution in [2.45, 2.75) is 45.0 Å². The molecule has 2 N–H and O–H groups in total. The van der Waals surface area contributed by atoms with Gasteiger partial charge in [0.15, 0.2) is 0 Å². The summed E-state index contributed by atoms with van der Waals surface area (Å²) >= 11 is 0. The molecule has 2 rings (SSSR count). The van der Waals surface area contributed by atoms with E-state index in [-0.39, 0.29) is 18.3 Å². The number of morpholine rings is 1. The Bertz CT molecular complexity index is 461. The molecule has 0 saturated carbocycles. The lowest BCUT2D eigenvalue weighted by atomic mass is 10.0. The molecule has 1 aliphatic rings. The van der Waals surface area contributed by atoms with E-state index in [4.69, 9.17) is 4.74 Å². The average Bonchev–Trinajstić information content (AvgIpc) is 2.43. The number of ether oxygens (including phenoxy) is 1. The predicted octanol–water partition coefficient (Wildman–Crippen LogP) is 1.89. The Kier molecular flexibility index (Phi) is 5.38. The number of rotatable bonds is 5. The van der Waals surface area contributed by atoms with Gasteiger partial charge in [0.05, 0.1) is 24.4 Å². The van der Waals surface area contributed by atoms with Gasteiger partial charge >= 0.3 is 0 Å². The van der Waals surface area contributed by atoms with Crippen LogP contribution < -0.4 is 0 Å². The zero-order valence-electron chi connectivity index (χ0n) is 13.2. The highest BCUT2D eigenvalue weighted by atomic mass is 16.5. The second-order valence-electron chi connectivity index (χ2n) is 6.64. The quantitative estimate of drug-likeness (QED) is 0.870. The number of nitrogens with zero attached hydrogens (tertiary/aromatic N) is 1. The second-order valence-corrected chi connectivity index (χ2v) is 6.64. The molecular formula is C17H27NO3. The van der Waals surface area contributed by atoms with Crippen LogP contribution in [0.15, 0.2) is 24.3 Å². The van der Waals surface area contributed by atoms with Gasteiger partial charge in [-0.05, 0) is 32.8 Å². The molecular weight excluding hydrogens is 266 g/mol. The SMILES string of the molecule is Cc1cccc(C(O)CCN2CC(CO)OC(C)(C)C2)c1. The minimum atomic E-state index is -0.441. The van der Waals surface area contributed by atoms with E-state index in [1.54, 1.807) is 0 Å². The number of aliphatic hydroxyl groups excluding tert-OH is 2. The number of aliphatic hydroxyl groups is 2. The molecule has 0 bridgehead atoms. The van der Waals surface area contributed by atoms with Crippen molar-refractivity contribution < 1.29 is 14.9 Å². The summed E-state index contributed by atoms with van der Waals surface area (Å²) in [6, 6.07) is 8.02. The molecule has 1 saturated heterocycles. The summed E-state index contributed by atoms with van der Waals surface area (Å²) in [5.74, 6) is 0. The maximum Gasteiger partial charge on any atom is 0.0940 e. The van der Waals surface area contributed by atoms with Crippen molar-refractivity contribution in [3.05, 3.63) is 35.4 Å². The maximum atomic E-state index is 10.3. The topological polar surface area (TPSA) is 52.9 Å². The van der Waals surface area contributed by atoms with E-state index in [1.807, 2.05) is 45.0 Å². The molecule has 0 aliphatic carbocycles. The smallest absolute Gasteiger partial charge is 0.0940 e. The zero-order valence-corrected chi connectivity index (χ0v) is 13.2. The fourth-order valence-corrected chi connectivity index (χ4v) is 3.03. The van der Waals surface area contributed by atoms with Gasteiger partial charge in [0, 0.05) is 19.6 Å². The molecule has 1 aromatic carbocycles. The van der Waals surface area contributed by atoms with Crippen LogP contribution in [0.2, 0.25) is 0 Å². The molecule has 1 fully saturated rings. The van der Waals surface area contributed by atoms with Crippen LogP contribution in [0.5, 0.6) is 0 Å². The van der Waals surface area contributed by atoms with Crippen molar-refractivity contribution in [3.8, 4) is 0 Å². The van der Waals surface area contributed by atoms with Crippen molar-refractivity contribution in [3.63, 3.8) is 0 Å². The molecule has 1 aromatic rings. The highest BCUT2D eigenvalue weighted by Gasteiger charge is 2.32. The van der Waals surface area contributed by atoms with Crippen LogP contribution in [0, 0.1) is 6.92 Å². The van der Waals surface area contributed by atoms with Crippen molar-refractivity contribution >= 4 is 0 Å². The summed E-state index contributed by atoms with van der Waals surface area (Å²) in [5, 5.41) is 19.6. The summed E-state index contributed by atoms with van der Waals surface area (Å²) in [6.07, 6.45) is 0.116. The first-order valence-electron chi connectivity index (χ1n) is 7.65. The lowest BCUT2D eigenvalue weighted by Crippen LogP contribution is -2.54. The third-order valence-electron chi connectivity index (χ3n) is 3.90. The van der Waals surface area contributed by atoms with Crippen LogP contribution in [0.3, 0.4) is 0 Å². The van der Waals surface area contributed by atoms with Crippen LogP contribution in [-0.2, 0) is 4.74 Å². The molecule has 2 unspecified atom stereocenters. The Morgan fingerprint density at radius 3 is 2.86 bits per heavy atom. The van der Waals surface area contributed by atoms with Gasteiger partial charge in [-0.15, -0.1) is 0 Å². The summed E-state index contributed by atoms with van der Waals surface area (Å²) in [4.78, 5) is 2.27. The Hall–Kier alpha value is -0.940. The molecule has 21 heavy (non-hydrogen) atoms. The first-order chi connectivity index (χ1) is 9.89. The zero-order chi connectivity index (χ0) is 15.5. The van der Waals surface area contributed by atoms with Gasteiger partial charge in [0.1, 0.15) is 0 Å². The van der Waals surface area contributed by atoms with E-state index in [1.165, 1.54) is 5.56 Å². The molecule has 2 atom stereocenters. The van der Waals surface area contributed by atoms with Crippen molar-refractivity contribution in [2.75, 3.05) is 26.2 Å². The lowest BCUT2D eigenvalue weighted by Gasteiger charge is -2.42. The van der Waals surface area contributed by atoms with Gasteiger partial charge in [-0.3, -0.25) is 4.90 Å². The van der Waals surface area contributed by atoms with E-state index in [2.05, 4.69) is 4.90 Å². The number of hydrogen-bond acceptors (Lipinski definition) is 4. The van der Waals surface area contributed by atoms with Gasteiger partial charge in [0.25, 0.3) is 0 Å². The minimum Gasteiger partial charge on any atom is -0.394 e. The summed E-state index contributed by atoms with van der Waals surface area (Å²) in [5.41, 5.74) is 1.89. The Morgan fingerprint density at radius 1 is 1.43 bits per heavy atom. The summed E-state index contributed by atoms with van der Waals surface area (Å²) in [7, 11) is 0. The van der Waals surface area contributed by atoms with Crippen molar-refractivity contribution in [1.82, 2.24) is 4.90 Å². The summed E-state index contributed by atoms with van der Waals surface area (Å²) in [6.45, 7) is 8.51. The molecule has 0 radical (unpaired) electrons. The molecule has 0 aromatic heterocycles. The Morgan fingerprint density at radius 2 is 2.19 bits per heavy atom. The van der Waals surface area contributed by atoms with Crippen LogP contribution in [0.4, 0.5) is 0 Å². The van der Waals surface area contributed by atoms with Crippen LogP contribution in [0.25, 0.3) is 0 Å². The highest BCUT2D eigenvalue weighted by molar-refractivity contribution is 5.23. The molecule has 0 spiro atoms. The molecule has 118 valence electrons. The summed E-state index contributed by atoms with van der Waals surface area (Å²) < 4.78 is 5.81. The van der Waals surface area contributed by atoms with Crippen LogP contribution in [-0.4, -0.2) is 53.1 Å². The fraction of sp³-hybridized carbons (Fsp3) is 0.647. The van der Waals surface area contributed by atoms with E-state index in [9.17, 15) is 10.2 Å². The third kappa shape index (κ3) is 4.78. The third-order valence-corrected chi connectivity index (χ3v) is 3.90. The van der Waals surface area contributed by atoms with E-state index in [0.29, 0.717) is 6.42 Å². The van der Waals surface area contributed by atoms with Gasteiger partial charge in [-0.25, -0.2) is 0 Å². The average molecular weight is 293 g/mol.